The van der Waals surface area contributed by atoms with E-state index in [2.05, 4.69) is 5.32 Å². The van der Waals surface area contributed by atoms with Crippen LogP contribution < -0.4 is 11.1 Å². The minimum absolute atomic E-state index is 0.246. The summed E-state index contributed by atoms with van der Waals surface area (Å²) in [6.45, 7) is 1.05. The Bertz CT molecular complexity index is 520. The molecule has 1 unspecified atom stereocenters. The maximum absolute atomic E-state index is 11.6. The van der Waals surface area contributed by atoms with Crippen molar-refractivity contribution >= 4 is 15.5 Å². The number of piperidine rings is 1. The Hall–Kier alpha value is -1.07. The molecule has 1 saturated heterocycles. The van der Waals surface area contributed by atoms with Crippen molar-refractivity contribution in [1.29, 1.82) is 0 Å². The van der Waals surface area contributed by atoms with Gasteiger partial charge in [-0.15, -0.1) is 0 Å². The van der Waals surface area contributed by atoms with E-state index in [1.54, 1.807) is 12.1 Å². The molecule has 1 fully saturated rings. The van der Waals surface area contributed by atoms with Gasteiger partial charge in [0.15, 0.2) is 9.84 Å². The van der Waals surface area contributed by atoms with Gasteiger partial charge in [-0.25, -0.2) is 8.42 Å². The molecule has 1 aliphatic rings. The van der Waals surface area contributed by atoms with Crippen LogP contribution in [0, 0.1) is 0 Å². The van der Waals surface area contributed by atoms with Crippen molar-refractivity contribution in [3.05, 3.63) is 23.8 Å². The third-order valence-electron chi connectivity index (χ3n) is 3.37. The van der Waals surface area contributed by atoms with E-state index in [0.29, 0.717) is 11.7 Å². The molecule has 4 nitrogen and oxygen atoms in total. The molecule has 3 N–H and O–H groups in total. The standard InChI is InChI=1S/C13H20N2O2S/c1-18(16,17)13-9-10(5-6-12(13)14)8-11-4-2-3-7-15-11/h5-6,9,11,15H,2-4,7-8,14H2,1H3. The highest BCUT2D eigenvalue weighted by Crippen LogP contribution is 2.21. The number of benzene rings is 1. The van der Waals surface area contributed by atoms with Crippen LogP contribution in [0.4, 0.5) is 5.69 Å². The third kappa shape index (κ3) is 3.23. The molecule has 1 aliphatic heterocycles. The Balaban J connectivity index is 2.19. The lowest BCUT2D eigenvalue weighted by Gasteiger charge is -2.23. The highest BCUT2D eigenvalue weighted by Gasteiger charge is 2.16. The van der Waals surface area contributed by atoms with Crippen molar-refractivity contribution in [1.82, 2.24) is 5.32 Å². The van der Waals surface area contributed by atoms with Gasteiger partial charge in [0.1, 0.15) is 0 Å². The predicted molar refractivity (Wildman–Crippen MR) is 73.3 cm³/mol. The number of rotatable bonds is 3. The first-order valence-electron chi connectivity index (χ1n) is 6.28. The molecule has 0 aliphatic carbocycles. The molecule has 0 spiro atoms. The first-order chi connectivity index (χ1) is 8.47. The average Bonchev–Trinajstić information content (AvgIpc) is 2.31. The summed E-state index contributed by atoms with van der Waals surface area (Å²) in [5.74, 6) is 0. The van der Waals surface area contributed by atoms with Crippen LogP contribution >= 0.6 is 0 Å². The molecular weight excluding hydrogens is 248 g/mol. The molecule has 1 atom stereocenters. The molecule has 0 radical (unpaired) electrons. The quantitative estimate of drug-likeness (QED) is 0.812. The summed E-state index contributed by atoms with van der Waals surface area (Å²) in [6, 6.07) is 5.77. The summed E-state index contributed by atoms with van der Waals surface area (Å²) in [6.07, 6.45) is 5.68. The second-order valence-corrected chi connectivity index (χ2v) is 6.98. The second kappa shape index (κ2) is 5.28. The number of anilines is 1. The fraction of sp³-hybridized carbons (Fsp3) is 0.538. The van der Waals surface area contributed by atoms with E-state index in [9.17, 15) is 8.42 Å². The molecule has 18 heavy (non-hydrogen) atoms. The number of sulfone groups is 1. The van der Waals surface area contributed by atoms with Gasteiger partial charge in [0, 0.05) is 12.3 Å². The Morgan fingerprint density at radius 2 is 2.17 bits per heavy atom. The maximum Gasteiger partial charge on any atom is 0.177 e. The van der Waals surface area contributed by atoms with Gasteiger partial charge in [-0.2, -0.15) is 0 Å². The highest BCUT2D eigenvalue weighted by molar-refractivity contribution is 7.90. The van der Waals surface area contributed by atoms with E-state index in [1.807, 2.05) is 6.07 Å². The summed E-state index contributed by atoms with van der Waals surface area (Å²) >= 11 is 0. The lowest BCUT2D eigenvalue weighted by molar-refractivity contribution is 0.399. The number of nitrogens with two attached hydrogens (primary N) is 1. The minimum atomic E-state index is -3.24. The highest BCUT2D eigenvalue weighted by atomic mass is 32.2. The van der Waals surface area contributed by atoms with Crippen molar-refractivity contribution in [3.8, 4) is 0 Å². The fourth-order valence-electron chi connectivity index (χ4n) is 2.41. The minimum Gasteiger partial charge on any atom is -0.398 e. The van der Waals surface area contributed by atoms with Crippen molar-refractivity contribution in [2.24, 2.45) is 0 Å². The third-order valence-corrected chi connectivity index (χ3v) is 4.52. The molecule has 2 rings (SSSR count). The molecule has 100 valence electrons. The SMILES string of the molecule is CS(=O)(=O)c1cc(CC2CCCCN2)ccc1N. The van der Waals surface area contributed by atoms with Crippen molar-refractivity contribution < 1.29 is 8.42 Å². The average molecular weight is 268 g/mol. The molecule has 0 amide bonds. The van der Waals surface area contributed by atoms with E-state index in [1.165, 1.54) is 19.1 Å². The molecule has 1 aromatic rings. The lowest BCUT2D eigenvalue weighted by Crippen LogP contribution is -2.35. The van der Waals surface area contributed by atoms with Crippen LogP contribution in [-0.4, -0.2) is 27.3 Å². The van der Waals surface area contributed by atoms with Crippen molar-refractivity contribution in [2.45, 2.75) is 36.6 Å². The summed E-state index contributed by atoms with van der Waals surface area (Å²) in [5.41, 5.74) is 7.08. The van der Waals surface area contributed by atoms with Gasteiger partial charge in [-0.3, -0.25) is 0 Å². The van der Waals surface area contributed by atoms with Crippen LogP contribution in [0.15, 0.2) is 23.1 Å². The van der Waals surface area contributed by atoms with E-state index >= 15 is 0 Å². The first-order valence-corrected chi connectivity index (χ1v) is 8.18. The van der Waals surface area contributed by atoms with Gasteiger partial charge in [0.2, 0.25) is 0 Å². The number of hydrogen-bond donors (Lipinski definition) is 2. The van der Waals surface area contributed by atoms with Crippen LogP contribution in [0.2, 0.25) is 0 Å². The monoisotopic (exact) mass is 268 g/mol. The Morgan fingerprint density at radius 1 is 1.39 bits per heavy atom. The second-order valence-electron chi connectivity index (χ2n) is 5.00. The van der Waals surface area contributed by atoms with Gasteiger partial charge in [-0.1, -0.05) is 12.5 Å². The van der Waals surface area contributed by atoms with Gasteiger partial charge in [0.05, 0.1) is 10.6 Å². The summed E-state index contributed by atoms with van der Waals surface area (Å²) in [5, 5.41) is 3.46. The number of nitrogens with one attached hydrogen (secondary N) is 1. The van der Waals surface area contributed by atoms with E-state index in [0.717, 1.165) is 24.9 Å². The molecule has 0 bridgehead atoms. The van der Waals surface area contributed by atoms with Crippen molar-refractivity contribution in [2.75, 3.05) is 18.5 Å². The summed E-state index contributed by atoms with van der Waals surface area (Å²) in [7, 11) is -3.24. The number of hydrogen-bond acceptors (Lipinski definition) is 4. The van der Waals surface area contributed by atoms with Crippen LogP contribution in [0.1, 0.15) is 24.8 Å². The summed E-state index contributed by atoms with van der Waals surface area (Å²) in [4.78, 5) is 0.246. The van der Waals surface area contributed by atoms with E-state index in [4.69, 9.17) is 5.73 Å². The Morgan fingerprint density at radius 3 is 2.78 bits per heavy atom. The maximum atomic E-state index is 11.6. The molecular formula is C13H20N2O2S. The first kappa shape index (κ1) is 13.4. The Labute approximate surface area is 108 Å². The molecule has 1 heterocycles. The van der Waals surface area contributed by atoms with Gasteiger partial charge in [-0.05, 0) is 43.5 Å². The molecule has 5 heteroatoms. The normalized spacial score (nSPS) is 20.8. The largest absolute Gasteiger partial charge is 0.398 e. The fourth-order valence-corrected chi connectivity index (χ4v) is 3.27. The lowest BCUT2D eigenvalue weighted by atomic mass is 9.98. The van der Waals surface area contributed by atoms with Gasteiger partial charge >= 0.3 is 0 Å². The molecule has 1 aromatic carbocycles. The zero-order valence-electron chi connectivity index (χ0n) is 10.6. The predicted octanol–water partition coefficient (Wildman–Crippen LogP) is 1.36. The topological polar surface area (TPSA) is 72.2 Å². The van der Waals surface area contributed by atoms with E-state index in [-0.39, 0.29) is 4.90 Å². The van der Waals surface area contributed by atoms with Crippen LogP contribution in [0.5, 0.6) is 0 Å². The van der Waals surface area contributed by atoms with Crippen LogP contribution in [0.3, 0.4) is 0 Å². The Kier molecular flexibility index (Phi) is 3.92. The molecule has 0 aromatic heterocycles. The van der Waals surface area contributed by atoms with E-state index < -0.39 is 9.84 Å². The van der Waals surface area contributed by atoms with Crippen molar-refractivity contribution in [3.63, 3.8) is 0 Å². The van der Waals surface area contributed by atoms with Gasteiger partial charge in [0.25, 0.3) is 0 Å². The summed E-state index contributed by atoms with van der Waals surface area (Å²) < 4.78 is 23.2. The zero-order valence-corrected chi connectivity index (χ0v) is 11.5. The van der Waals surface area contributed by atoms with Crippen LogP contribution in [0.25, 0.3) is 0 Å². The smallest absolute Gasteiger partial charge is 0.177 e. The van der Waals surface area contributed by atoms with Gasteiger partial charge < -0.3 is 11.1 Å². The number of nitrogen functional groups attached to an aromatic ring is 1. The zero-order chi connectivity index (χ0) is 13.2. The van der Waals surface area contributed by atoms with Crippen LogP contribution in [-0.2, 0) is 16.3 Å². The molecule has 0 saturated carbocycles.